The largest absolute Gasteiger partial charge is 0.306 e. The second-order valence-corrected chi connectivity index (χ2v) is 10.4. The fraction of sp³-hybridized carbons (Fsp3) is 0.300. The van der Waals surface area contributed by atoms with Gasteiger partial charge < -0.3 is 4.90 Å². The van der Waals surface area contributed by atoms with Gasteiger partial charge in [0.05, 0.1) is 24.1 Å². The third kappa shape index (κ3) is 2.92. The van der Waals surface area contributed by atoms with Gasteiger partial charge in [-0.25, -0.2) is 9.29 Å². The van der Waals surface area contributed by atoms with Gasteiger partial charge in [0.1, 0.15) is 11.4 Å². The topological polar surface area (TPSA) is 60.9 Å². The standard InChI is InChI=1S/C30H26FN3O3/c31-20-15-13-19(14-16-20)18-32-23-11-5-4-10-22(23)30(29(32)37)26-25(24-12-6-7-17-33(24)30)27(35)34(28(26)36)21-8-2-1-3-9-21/h1-5,8-11,13-16,24-26H,6-7,12,17-18H2/t24-,25-,26+,30-/m1/s1. The van der Waals surface area contributed by atoms with Crippen molar-refractivity contribution in [2.45, 2.75) is 37.4 Å². The van der Waals surface area contributed by atoms with Crippen LogP contribution in [0.5, 0.6) is 0 Å². The summed E-state index contributed by atoms with van der Waals surface area (Å²) < 4.78 is 13.6. The Labute approximate surface area is 214 Å². The maximum absolute atomic E-state index is 14.7. The van der Waals surface area contributed by atoms with Gasteiger partial charge in [0.25, 0.3) is 5.91 Å². The molecule has 4 aliphatic heterocycles. The first-order valence-corrected chi connectivity index (χ1v) is 12.9. The minimum atomic E-state index is -1.23. The third-order valence-corrected chi connectivity index (χ3v) is 8.66. The van der Waals surface area contributed by atoms with E-state index in [1.165, 1.54) is 17.0 Å². The number of rotatable bonds is 3. The van der Waals surface area contributed by atoms with Gasteiger partial charge in [0.15, 0.2) is 0 Å². The predicted octanol–water partition coefficient (Wildman–Crippen LogP) is 4.24. The zero-order valence-electron chi connectivity index (χ0n) is 20.2. The summed E-state index contributed by atoms with van der Waals surface area (Å²) in [4.78, 5) is 48.0. The normalized spacial score (nSPS) is 28.7. The zero-order chi connectivity index (χ0) is 25.3. The molecule has 0 aromatic heterocycles. The molecule has 1 spiro atoms. The van der Waals surface area contributed by atoms with Crippen LogP contribution < -0.4 is 9.80 Å². The third-order valence-electron chi connectivity index (χ3n) is 8.66. The van der Waals surface area contributed by atoms with Crippen LogP contribution in [0.4, 0.5) is 15.8 Å². The predicted molar refractivity (Wildman–Crippen MR) is 136 cm³/mol. The number of anilines is 2. The van der Waals surface area contributed by atoms with Crippen LogP contribution in [0, 0.1) is 17.7 Å². The SMILES string of the molecule is O=C1[C@@H]2[C@H]3CCCCN3[C@@]3(C(=O)N(Cc4ccc(F)cc4)c4ccccc43)[C@@H]2C(=O)N1c1ccccc1. The summed E-state index contributed by atoms with van der Waals surface area (Å²) in [5.74, 6) is -2.39. The van der Waals surface area contributed by atoms with Gasteiger partial charge in [-0.2, -0.15) is 0 Å². The van der Waals surface area contributed by atoms with E-state index in [1.54, 1.807) is 29.2 Å². The van der Waals surface area contributed by atoms with E-state index in [0.29, 0.717) is 12.2 Å². The van der Waals surface area contributed by atoms with Crippen LogP contribution in [-0.4, -0.2) is 35.2 Å². The van der Waals surface area contributed by atoms with Crippen LogP contribution in [0.15, 0.2) is 78.9 Å². The number of piperidine rings is 1. The van der Waals surface area contributed by atoms with Crippen LogP contribution in [0.2, 0.25) is 0 Å². The molecule has 4 aliphatic rings. The van der Waals surface area contributed by atoms with Gasteiger partial charge in [-0.05, 0) is 55.3 Å². The van der Waals surface area contributed by atoms with Gasteiger partial charge in [0.2, 0.25) is 11.8 Å². The minimum absolute atomic E-state index is 0.173. The van der Waals surface area contributed by atoms with Crippen molar-refractivity contribution in [2.75, 3.05) is 16.3 Å². The number of nitrogens with zero attached hydrogens (tertiary/aromatic N) is 3. The van der Waals surface area contributed by atoms with Crippen molar-refractivity contribution in [1.82, 2.24) is 4.90 Å². The molecule has 4 heterocycles. The molecule has 6 nitrogen and oxygen atoms in total. The molecule has 186 valence electrons. The molecule has 3 aromatic carbocycles. The first-order valence-electron chi connectivity index (χ1n) is 12.9. The highest BCUT2D eigenvalue weighted by atomic mass is 19.1. The highest BCUT2D eigenvalue weighted by Gasteiger charge is 2.75. The molecule has 0 radical (unpaired) electrons. The minimum Gasteiger partial charge on any atom is -0.306 e. The average Bonchev–Trinajstić information content (AvgIpc) is 3.47. The molecule has 0 aliphatic carbocycles. The fourth-order valence-corrected chi connectivity index (χ4v) is 7.27. The van der Waals surface area contributed by atoms with E-state index in [2.05, 4.69) is 4.90 Å². The summed E-state index contributed by atoms with van der Waals surface area (Å²) >= 11 is 0. The highest BCUT2D eigenvalue weighted by molar-refractivity contribution is 6.26. The number of hydrogen-bond donors (Lipinski definition) is 0. The lowest BCUT2D eigenvalue weighted by molar-refractivity contribution is -0.138. The molecule has 3 saturated heterocycles. The second kappa shape index (κ2) is 8.08. The molecule has 7 rings (SSSR count). The Balaban J connectivity index is 1.40. The van der Waals surface area contributed by atoms with Crippen molar-refractivity contribution in [3.8, 4) is 0 Å². The van der Waals surface area contributed by atoms with E-state index in [1.807, 2.05) is 42.5 Å². The highest BCUT2D eigenvalue weighted by Crippen LogP contribution is 2.61. The molecule has 3 amide bonds. The van der Waals surface area contributed by atoms with Crippen LogP contribution in [0.1, 0.15) is 30.4 Å². The second-order valence-electron chi connectivity index (χ2n) is 10.4. The Morgan fingerprint density at radius 1 is 0.838 bits per heavy atom. The molecule has 0 bridgehead atoms. The lowest BCUT2D eigenvalue weighted by atomic mass is 9.76. The number of para-hydroxylation sites is 2. The summed E-state index contributed by atoms with van der Waals surface area (Å²) in [6.45, 7) is 0.923. The molecule has 0 saturated carbocycles. The molecular formula is C30H26FN3O3. The lowest BCUT2D eigenvalue weighted by Gasteiger charge is -2.42. The van der Waals surface area contributed by atoms with Crippen molar-refractivity contribution in [3.63, 3.8) is 0 Å². The summed E-state index contributed by atoms with van der Waals surface area (Å²) in [6.07, 6.45) is 2.65. The number of carbonyl (C=O) groups excluding carboxylic acids is 3. The quantitative estimate of drug-likeness (QED) is 0.510. The van der Waals surface area contributed by atoms with Crippen LogP contribution in [0.3, 0.4) is 0 Å². The maximum atomic E-state index is 14.7. The first kappa shape index (κ1) is 22.4. The summed E-state index contributed by atoms with van der Waals surface area (Å²) in [7, 11) is 0. The zero-order valence-corrected chi connectivity index (χ0v) is 20.2. The lowest BCUT2D eigenvalue weighted by Crippen LogP contribution is -2.58. The van der Waals surface area contributed by atoms with Gasteiger partial charge in [0, 0.05) is 17.3 Å². The molecule has 0 N–H and O–H groups in total. The molecule has 3 aromatic rings. The van der Waals surface area contributed by atoms with Crippen molar-refractivity contribution in [1.29, 1.82) is 0 Å². The Hall–Kier alpha value is -3.84. The van der Waals surface area contributed by atoms with Crippen molar-refractivity contribution in [2.24, 2.45) is 11.8 Å². The number of amides is 3. The van der Waals surface area contributed by atoms with Gasteiger partial charge in [-0.3, -0.25) is 19.3 Å². The number of halogens is 1. The number of fused-ring (bicyclic) bond motifs is 7. The fourth-order valence-electron chi connectivity index (χ4n) is 7.27. The van der Waals surface area contributed by atoms with Crippen molar-refractivity contribution in [3.05, 3.63) is 95.8 Å². The molecule has 7 heteroatoms. The summed E-state index contributed by atoms with van der Waals surface area (Å²) in [5.41, 5.74) is 1.65. The van der Waals surface area contributed by atoms with Gasteiger partial charge in [-0.15, -0.1) is 0 Å². The Bertz CT molecular complexity index is 1430. The van der Waals surface area contributed by atoms with Crippen molar-refractivity contribution < 1.29 is 18.8 Å². The Kier molecular flexibility index (Phi) is 4.88. The summed E-state index contributed by atoms with van der Waals surface area (Å²) in [6, 6.07) is 22.6. The number of benzene rings is 3. The molecule has 0 unspecified atom stereocenters. The summed E-state index contributed by atoms with van der Waals surface area (Å²) in [5, 5.41) is 0. The smallest absolute Gasteiger partial charge is 0.253 e. The van der Waals surface area contributed by atoms with Gasteiger partial charge in [-0.1, -0.05) is 55.0 Å². The van der Waals surface area contributed by atoms with E-state index in [0.717, 1.165) is 36.1 Å². The molecule has 3 fully saturated rings. The number of carbonyl (C=O) groups is 3. The number of hydrogen-bond acceptors (Lipinski definition) is 4. The van der Waals surface area contributed by atoms with Gasteiger partial charge >= 0.3 is 0 Å². The molecule has 4 atom stereocenters. The number of imide groups is 1. The molecule has 37 heavy (non-hydrogen) atoms. The van der Waals surface area contributed by atoms with E-state index in [9.17, 15) is 18.8 Å². The van der Waals surface area contributed by atoms with E-state index < -0.39 is 17.4 Å². The Morgan fingerprint density at radius 3 is 2.35 bits per heavy atom. The first-order chi connectivity index (χ1) is 18.0. The maximum Gasteiger partial charge on any atom is 0.253 e. The monoisotopic (exact) mass is 495 g/mol. The van der Waals surface area contributed by atoms with Crippen LogP contribution in [0.25, 0.3) is 0 Å². The van der Waals surface area contributed by atoms with E-state index in [4.69, 9.17) is 0 Å². The van der Waals surface area contributed by atoms with E-state index in [-0.39, 0.29) is 36.1 Å². The molecular weight excluding hydrogens is 469 g/mol. The van der Waals surface area contributed by atoms with Crippen LogP contribution >= 0.6 is 0 Å². The van der Waals surface area contributed by atoms with E-state index >= 15 is 0 Å². The average molecular weight is 496 g/mol. The van der Waals surface area contributed by atoms with Crippen LogP contribution in [-0.2, 0) is 26.5 Å². The van der Waals surface area contributed by atoms with Crippen molar-refractivity contribution >= 4 is 29.1 Å². The Morgan fingerprint density at radius 2 is 1.57 bits per heavy atom.